The van der Waals surface area contributed by atoms with Crippen LogP contribution in [0, 0.1) is 20.8 Å². The summed E-state index contributed by atoms with van der Waals surface area (Å²) in [5, 5.41) is 5.60. The molecule has 0 spiro atoms. The van der Waals surface area contributed by atoms with Crippen molar-refractivity contribution in [2.75, 3.05) is 11.9 Å². The van der Waals surface area contributed by atoms with Crippen LogP contribution in [0.25, 0.3) is 0 Å². The molecular weight excluding hydrogens is 544 g/mol. The molecule has 0 saturated carbocycles. The number of nitrogens with two attached hydrogens (primary N) is 1. The summed E-state index contributed by atoms with van der Waals surface area (Å²) in [7, 11) is 0. The molecule has 0 aliphatic heterocycles. The summed E-state index contributed by atoms with van der Waals surface area (Å²) in [6.45, 7) is 13.3. The Balaban J connectivity index is 2.55. The molecule has 4 amide bonds. The highest BCUT2D eigenvalue weighted by Gasteiger charge is 2.37. The van der Waals surface area contributed by atoms with Crippen molar-refractivity contribution < 1.29 is 23.9 Å². The number of rotatable bonds is 15. The van der Waals surface area contributed by atoms with E-state index in [2.05, 4.69) is 17.6 Å². The third-order valence-corrected chi connectivity index (χ3v) is 7.11. The van der Waals surface area contributed by atoms with Crippen LogP contribution in [0.2, 0.25) is 0 Å². The van der Waals surface area contributed by atoms with Crippen molar-refractivity contribution in [3.05, 3.63) is 64.7 Å². The Morgan fingerprint density at radius 2 is 1.47 bits per heavy atom. The summed E-state index contributed by atoms with van der Waals surface area (Å²) in [5.74, 6) is -1.74. The highest BCUT2D eigenvalue weighted by Crippen LogP contribution is 2.28. The smallest absolute Gasteiger partial charge is 0.408 e. The highest BCUT2D eigenvalue weighted by atomic mass is 16.6. The van der Waals surface area contributed by atoms with Gasteiger partial charge in [0, 0.05) is 12.2 Å². The molecule has 0 aliphatic carbocycles. The van der Waals surface area contributed by atoms with Crippen molar-refractivity contribution in [2.24, 2.45) is 5.73 Å². The predicted octanol–water partition coefficient (Wildman–Crippen LogP) is 6.25. The fraction of sp³-hybridized carbons (Fsp3) is 0.529. The lowest BCUT2D eigenvalue weighted by atomic mass is 9.99. The van der Waals surface area contributed by atoms with Crippen LogP contribution >= 0.6 is 0 Å². The average Bonchev–Trinajstić information content (AvgIpc) is 2.91. The summed E-state index contributed by atoms with van der Waals surface area (Å²) in [6, 6.07) is 10.8. The first-order valence-electron chi connectivity index (χ1n) is 15.3. The zero-order chi connectivity index (χ0) is 32.2. The first-order chi connectivity index (χ1) is 20.2. The van der Waals surface area contributed by atoms with Gasteiger partial charge in [-0.1, -0.05) is 87.1 Å². The molecule has 0 saturated heterocycles. The van der Waals surface area contributed by atoms with Crippen molar-refractivity contribution in [2.45, 2.75) is 111 Å². The fourth-order valence-corrected chi connectivity index (χ4v) is 4.91. The maximum absolute atomic E-state index is 14.3. The van der Waals surface area contributed by atoms with Gasteiger partial charge in [0.2, 0.25) is 11.8 Å². The minimum Gasteiger partial charge on any atom is -0.444 e. The van der Waals surface area contributed by atoms with E-state index in [1.807, 2.05) is 63.2 Å². The Morgan fingerprint density at radius 1 is 0.884 bits per heavy atom. The van der Waals surface area contributed by atoms with Gasteiger partial charge < -0.3 is 26.0 Å². The fourth-order valence-electron chi connectivity index (χ4n) is 4.91. The second-order valence-electron chi connectivity index (χ2n) is 12.2. The van der Waals surface area contributed by atoms with Crippen molar-refractivity contribution in [3.63, 3.8) is 0 Å². The van der Waals surface area contributed by atoms with Gasteiger partial charge in [0.25, 0.3) is 5.91 Å². The molecule has 9 heteroatoms. The van der Waals surface area contributed by atoms with E-state index in [0.717, 1.165) is 48.8 Å². The molecule has 0 aromatic heterocycles. The van der Waals surface area contributed by atoms with Gasteiger partial charge in [0.1, 0.15) is 17.7 Å². The second-order valence-corrected chi connectivity index (χ2v) is 12.2. The number of nitrogens with one attached hydrogen (secondary N) is 2. The Kier molecular flexibility index (Phi) is 13.7. The Hall–Kier alpha value is -3.88. The SMILES string of the molecule is CCCCCCCCN(C(=O)C(CC(N)=O)NC(=O)OC(C)(C)C)C(C(=O)Nc1c(C)cccc1C)c1ccc(C)cc1. The van der Waals surface area contributed by atoms with E-state index >= 15 is 0 Å². The molecule has 2 aromatic rings. The van der Waals surface area contributed by atoms with E-state index in [1.165, 1.54) is 4.90 Å². The molecule has 236 valence electrons. The minimum absolute atomic E-state index is 0.245. The molecule has 43 heavy (non-hydrogen) atoms. The zero-order valence-corrected chi connectivity index (χ0v) is 26.9. The monoisotopic (exact) mass is 594 g/mol. The number of hydrogen-bond donors (Lipinski definition) is 3. The zero-order valence-electron chi connectivity index (χ0n) is 26.9. The van der Waals surface area contributed by atoms with E-state index < -0.39 is 47.9 Å². The van der Waals surface area contributed by atoms with Gasteiger partial charge in [-0.15, -0.1) is 0 Å². The molecule has 2 aromatic carbocycles. The van der Waals surface area contributed by atoms with E-state index in [1.54, 1.807) is 20.8 Å². The maximum Gasteiger partial charge on any atom is 0.408 e. The standard InChI is InChI=1S/C34H50N4O5/c1-8-9-10-11-12-13-21-38(32(41)27(22-28(35)39)36-33(42)43-34(5,6)7)30(26-19-17-23(2)18-20-26)31(40)37-29-24(3)15-14-16-25(29)4/h14-20,27,30H,8-13,21-22H2,1-7H3,(H2,35,39)(H,36,42)(H,37,40). The average molecular weight is 595 g/mol. The lowest BCUT2D eigenvalue weighted by Gasteiger charge is -2.34. The third kappa shape index (κ3) is 11.7. The summed E-state index contributed by atoms with van der Waals surface area (Å²) < 4.78 is 5.37. The number of nitrogens with zero attached hydrogens (tertiary/aromatic N) is 1. The molecule has 0 radical (unpaired) electrons. The number of benzene rings is 2. The van der Waals surface area contributed by atoms with Crippen molar-refractivity contribution in [1.82, 2.24) is 10.2 Å². The number of amides is 4. The van der Waals surface area contributed by atoms with Crippen LogP contribution in [-0.2, 0) is 19.1 Å². The number of aryl methyl sites for hydroxylation is 3. The molecule has 0 bridgehead atoms. The van der Waals surface area contributed by atoms with Crippen LogP contribution < -0.4 is 16.4 Å². The minimum atomic E-state index is -1.31. The van der Waals surface area contributed by atoms with Crippen LogP contribution in [-0.4, -0.2) is 46.9 Å². The molecule has 0 aliphatic rings. The largest absolute Gasteiger partial charge is 0.444 e. The van der Waals surface area contributed by atoms with E-state index in [4.69, 9.17) is 10.5 Å². The molecule has 9 nitrogen and oxygen atoms in total. The van der Waals surface area contributed by atoms with E-state index in [0.29, 0.717) is 17.7 Å². The number of unbranched alkanes of at least 4 members (excludes halogenated alkanes) is 5. The predicted molar refractivity (Wildman–Crippen MR) is 171 cm³/mol. The van der Waals surface area contributed by atoms with Gasteiger partial charge in [0.05, 0.1) is 6.42 Å². The lowest BCUT2D eigenvalue weighted by Crippen LogP contribution is -2.53. The van der Waals surface area contributed by atoms with Crippen LogP contribution in [0.15, 0.2) is 42.5 Å². The molecule has 2 atom stereocenters. The summed E-state index contributed by atoms with van der Waals surface area (Å²) in [4.78, 5) is 54.7. The van der Waals surface area contributed by atoms with Gasteiger partial charge >= 0.3 is 6.09 Å². The number of primary amides is 1. The van der Waals surface area contributed by atoms with Crippen molar-refractivity contribution in [3.8, 4) is 0 Å². The van der Waals surface area contributed by atoms with E-state index in [-0.39, 0.29) is 6.54 Å². The Morgan fingerprint density at radius 3 is 2.02 bits per heavy atom. The lowest BCUT2D eigenvalue weighted by molar-refractivity contribution is -0.142. The number of para-hydroxylation sites is 1. The molecule has 0 fully saturated rings. The van der Waals surface area contributed by atoms with Crippen LogP contribution in [0.4, 0.5) is 10.5 Å². The molecule has 2 rings (SSSR count). The number of carbonyl (C=O) groups excluding carboxylic acids is 4. The van der Waals surface area contributed by atoms with E-state index in [9.17, 15) is 19.2 Å². The van der Waals surface area contributed by atoms with Crippen molar-refractivity contribution in [1.29, 1.82) is 0 Å². The van der Waals surface area contributed by atoms with Gasteiger partial charge in [-0.2, -0.15) is 0 Å². The van der Waals surface area contributed by atoms with Crippen LogP contribution in [0.5, 0.6) is 0 Å². The van der Waals surface area contributed by atoms with Gasteiger partial charge in [-0.05, 0) is 64.7 Å². The van der Waals surface area contributed by atoms with Gasteiger partial charge in [-0.25, -0.2) is 4.79 Å². The number of hydrogen-bond acceptors (Lipinski definition) is 5. The first kappa shape index (κ1) is 35.3. The summed E-state index contributed by atoms with van der Waals surface area (Å²) in [6.07, 6.45) is 4.55. The van der Waals surface area contributed by atoms with Gasteiger partial charge in [0.15, 0.2) is 0 Å². The molecule has 4 N–H and O–H groups in total. The summed E-state index contributed by atoms with van der Waals surface area (Å²) in [5.41, 5.74) is 8.78. The number of ether oxygens (including phenoxy) is 1. The Labute approximate surface area is 256 Å². The molecule has 2 unspecified atom stereocenters. The molecule has 0 heterocycles. The summed E-state index contributed by atoms with van der Waals surface area (Å²) >= 11 is 0. The highest BCUT2D eigenvalue weighted by molar-refractivity contribution is 6.00. The Bertz CT molecular complexity index is 1220. The van der Waals surface area contributed by atoms with Crippen molar-refractivity contribution >= 4 is 29.5 Å². The molecular formula is C34H50N4O5. The quantitative estimate of drug-likeness (QED) is 0.210. The number of anilines is 1. The second kappa shape index (κ2) is 16.7. The third-order valence-electron chi connectivity index (χ3n) is 7.11. The van der Waals surface area contributed by atoms with Gasteiger partial charge in [-0.3, -0.25) is 14.4 Å². The number of alkyl carbamates (subject to hydrolysis) is 1. The number of carbonyl (C=O) groups is 4. The van der Waals surface area contributed by atoms with Crippen LogP contribution in [0.1, 0.15) is 101 Å². The maximum atomic E-state index is 14.3. The first-order valence-corrected chi connectivity index (χ1v) is 15.3. The normalized spacial score (nSPS) is 12.6. The van der Waals surface area contributed by atoms with Crippen LogP contribution in [0.3, 0.4) is 0 Å². The topological polar surface area (TPSA) is 131 Å².